The van der Waals surface area contributed by atoms with Gasteiger partial charge >= 0.3 is 0 Å². The number of hydrogen-bond acceptors (Lipinski definition) is 3. The molecule has 0 radical (unpaired) electrons. The number of rotatable bonds is 3. The van der Waals surface area contributed by atoms with Crippen LogP contribution in [0.1, 0.15) is 43.7 Å². The fraction of sp³-hybridized carbons (Fsp3) is 0.462. The molecule has 1 aliphatic heterocycles. The van der Waals surface area contributed by atoms with E-state index in [4.69, 9.17) is 4.74 Å². The molecule has 2 aliphatic rings. The van der Waals surface area contributed by atoms with E-state index in [9.17, 15) is 5.11 Å². The van der Waals surface area contributed by atoms with E-state index in [1.807, 2.05) is 36.4 Å². The van der Waals surface area contributed by atoms with Crippen LogP contribution in [0.2, 0.25) is 0 Å². The van der Waals surface area contributed by atoms with E-state index >= 15 is 0 Å². The van der Waals surface area contributed by atoms with Crippen molar-refractivity contribution in [1.82, 2.24) is 4.90 Å². The lowest BCUT2D eigenvalue weighted by Crippen LogP contribution is -2.56. The van der Waals surface area contributed by atoms with Crippen molar-refractivity contribution in [1.29, 1.82) is 0 Å². The maximum atomic E-state index is 11.5. The molecule has 4 rings (SSSR count). The van der Waals surface area contributed by atoms with Crippen LogP contribution in [0.4, 0.5) is 0 Å². The Labute approximate surface area is 174 Å². The average Bonchev–Trinajstić information content (AvgIpc) is 2.78. The minimum atomic E-state index is -0.955. The van der Waals surface area contributed by atoms with Crippen molar-refractivity contribution in [2.75, 3.05) is 26.7 Å². The van der Waals surface area contributed by atoms with E-state index in [1.165, 1.54) is 5.56 Å². The number of piperidine rings is 1. The molecule has 152 valence electrons. The maximum Gasteiger partial charge on any atom is 0.126 e. The van der Waals surface area contributed by atoms with Gasteiger partial charge in [-0.25, -0.2) is 0 Å². The number of nitrogens with zero attached hydrogens (tertiary/aromatic N) is 1. The summed E-state index contributed by atoms with van der Waals surface area (Å²) >= 11 is 0. The Kier molecular flexibility index (Phi) is 5.67. The van der Waals surface area contributed by atoms with Gasteiger partial charge in [0.2, 0.25) is 0 Å². The normalized spacial score (nSPS) is 29.4. The third kappa shape index (κ3) is 4.06. The van der Waals surface area contributed by atoms with Crippen molar-refractivity contribution in [2.24, 2.45) is 5.92 Å². The molecule has 1 aliphatic carbocycles. The van der Waals surface area contributed by atoms with Crippen molar-refractivity contribution < 1.29 is 9.84 Å². The first-order valence-corrected chi connectivity index (χ1v) is 10.7. The molecule has 3 atom stereocenters. The summed E-state index contributed by atoms with van der Waals surface area (Å²) in [6.07, 6.45) is 3.47. The third-order valence-corrected chi connectivity index (χ3v) is 6.95. The van der Waals surface area contributed by atoms with Crippen LogP contribution < -0.4 is 4.74 Å². The van der Waals surface area contributed by atoms with Gasteiger partial charge in [-0.2, -0.15) is 0 Å². The quantitative estimate of drug-likeness (QED) is 0.797. The van der Waals surface area contributed by atoms with E-state index in [1.54, 1.807) is 7.11 Å². The molecular weight excluding hydrogens is 358 g/mol. The summed E-state index contributed by atoms with van der Waals surface area (Å²) < 4.78 is 5.52. The lowest BCUT2D eigenvalue weighted by Gasteiger charge is -2.54. The first-order valence-electron chi connectivity index (χ1n) is 10.7. The van der Waals surface area contributed by atoms with Gasteiger partial charge in [0.15, 0.2) is 0 Å². The molecule has 0 aromatic heterocycles. The van der Waals surface area contributed by atoms with E-state index in [0.717, 1.165) is 50.2 Å². The van der Waals surface area contributed by atoms with Crippen molar-refractivity contribution in [2.45, 2.75) is 43.6 Å². The van der Waals surface area contributed by atoms with Gasteiger partial charge < -0.3 is 14.7 Å². The monoisotopic (exact) mass is 389 g/mol. The minimum absolute atomic E-state index is 0.0570. The second kappa shape index (κ2) is 8.22. The number of methoxy groups -OCH3 is 1. The highest BCUT2D eigenvalue weighted by Gasteiger charge is 2.52. The van der Waals surface area contributed by atoms with Crippen LogP contribution in [-0.4, -0.2) is 42.4 Å². The fourth-order valence-electron chi connectivity index (χ4n) is 5.28. The number of likely N-dealkylation sites (tertiary alicyclic amines) is 1. The second-order valence-corrected chi connectivity index (χ2v) is 8.59. The summed E-state index contributed by atoms with van der Waals surface area (Å²) in [4.78, 5) is 2.54. The van der Waals surface area contributed by atoms with Gasteiger partial charge in [-0.1, -0.05) is 49.1 Å². The van der Waals surface area contributed by atoms with Crippen LogP contribution in [0.5, 0.6) is 5.75 Å². The van der Waals surface area contributed by atoms with E-state index < -0.39 is 5.60 Å². The predicted octanol–water partition coefficient (Wildman–Crippen LogP) is 4.24. The molecule has 0 spiro atoms. The summed E-state index contributed by atoms with van der Waals surface area (Å²) in [6.45, 7) is 5.48. The molecule has 0 bridgehead atoms. The van der Waals surface area contributed by atoms with Crippen LogP contribution in [0.3, 0.4) is 0 Å². The van der Waals surface area contributed by atoms with Crippen LogP contribution in [0.15, 0.2) is 54.6 Å². The molecule has 1 heterocycles. The van der Waals surface area contributed by atoms with Crippen molar-refractivity contribution in [3.63, 3.8) is 0 Å². The molecule has 0 amide bonds. The van der Waals surface area contributed by atoms with Gasteiger partial charge in [-0.15, -0.1) is 0 Å². The Balaban J connectivity index is 1.70. The summed E-state index contributed by atoms with van der Waals surface area (Å²) in [5.74, 6) is 7.90. The number of aliphatic hydroxyl groups is 1. The van der Waals surface area contributed by atoms with Crippen molar-refractivity contribution in [3.8, 4) is 17.6 Å². The first kappa shape index (κ1) is 20.0. The zero-order valence-corrected chi connectivity index (χ0v) is 17.5. The molecule has 2 aromatic rings. The van der Waals surface area contributed by atoms with Crippen LogP contribution >= 0.6 is 0 Å². The molecule has 1 saturated carbocycles. The standard InChI is InChI=1S/C26H31NO2/c1-3-27-17-16-26(22-10-7-11-24(18-22)29-2)20-25(28,15-13-23(26)19-27)14-12-21-8-5-4-6-9-21/h4-11,18,23,28H,3,13,15-17,19-20H2,1-2H3. The third-order valence-electron chi connectivity index (χ3n) is 6.95. The Hall–Kier alpha value is -2.28. The van der Waals surface area contributed by atoms with Crippen LogP contribution in [-0.2, 0) is 5.41 Å². The molecule has 1 saturated heterocycles. The lowest BCUT2D eigenvalue weighted by atomic mass is 9.55. The predicted molar refractivity (Wildman–Crippen MR) is 117 cm³/mol. The van der Waals surface area contributed by atoms with Crippen LogP contribution in [0, 0.1) is 17.8 Å². The molecule has 3 unspecified atom stereocenters. The Bertz CT molecular complexity index is 900. The zero-order valence-electron chi connectivity index (χ0n) is 17.5. The highest BCUT2D eigenvalue weighted by Crippen LogP contribution is 2.52. The Morgan fingerprint density at radius 1 is 1.14 bits per heavy atom. The SMILES string of the molecule is CCN1CCC2(c3cccc(OC)c3)CC(O)(C#Cc3ccccc3)CCC2C1. The zero-order chi connectivity index (χ0) is 20.3. The summed E-state index contributed by atoms with van der Waals surface area (Å²) in [7, 11) is 1.72. The number of hydrogen-bond donors (Lipinski definition) is 1. The average molecular weight is 390 g/mol. The molecule has 3 heteroatoms. The van der Waals surface area contributed by atoms with Gasteiger partial charge in [0.25, 0.3) is 0 Å². The molecule has 1 N–H and O–H groups in total. The number of benzene rings is 2. The van der Waals surface area contributed by atoms with E-state index in [0.29, 0.717) is 12.3 Å². The number of ether oxygens (including phenoxy) is 1. The summed E-state index contributed by atoms with van der Waals surface area (Å²) in [5.41, 5.74) is 1.24. The summed E-state index contributed by atoms with van der Waals surface area (Å²) in [6, 6.07) is 18.4. The molecule has 3 nitrogen and oxygen atoms in total. The smallest absolute Gasteiger partial charge is 0.126 e. The van der Waals surface area contributed by atoms with Crippen molar-refractivity contribution in [3.05, 3.63) is 65.7 Å². The van der Waals surface area contributed by atoms with Gasteiger partial charge in [0, 0.05) is 17.5 Å². The minimum Gasteiger partial charge on any atom is -0.497 e. The Morgan fingerprint density at radius 2 is 1.97 bits per heavy atom. The Morgan fingerprint density at radius 3 is 2.72 bits per heavy atom. The highest BCUT2D eigenvalue weighted by atomic mass is 16.5. The van der Waals surface area contributed by atoms with E-state index in [2.05, 4.69) is 41.9 Å². The van der Waals surface area contributed by atoms with Gasteiger partial charge in [0.05, 0.1) is 7.11 Å². The topological polar surface area (TPSA) is 32.7 Å². The maximum absolute atomic E-state index is 11.5. The van der Waals surface area contributed by atoms with Crippen molar-refractivity contribution >= 4 is 0 Å². The van der Waals surface area contributed by atoms with Gasteiger partial charge in [0.1, 0.15) is 11.4 Å². The molecule has 29 heavy (non-hydrogen) atoms. The molecule has 2 fully saturated rings. The number of fused-ring (bicyclic) bond motifs is 1. The summed E-state index contributed by atoms with van der Waals surface area (Å²) in [5, 5.41) is 11.5. The fourth-order valence-corrected chi connectivity index (χ4v) is 5.28. The lowest BCUT2D eigenvalue weighted by molar-refractivity contribution is -0.0376. The molecular formula is C26H31NO2. The highest BCUT2D eigenvalue weighted by molar-refractivity contribution is 5.40. The van der Waals surface area contributed by atoms with Gasteiger partial charge in [-0.3, -0.25) is 0 Å². The molecule has 2 aromatic carbocycles. The van der Waals surface area contributed by atoms with Gasteiger partial charge in [-0.05, 0) is 74.5 Å². The first-order chi connectivity index (χ1) is 14.1. The largest absolute Gasteiger partial charge is 0.497 e. The second-order valence-electron chi connectivity index (χ2n) is 8.59. The van der Waals surface area contributed by atoms with Crippen LogP contribution in [0.25, 0.3) is 0 Å². The van der Waals surface area contributed by atoms with E-state index in [-0.39, 0.29) is 5.41 Å².